The molecule has 0 radical (unpaired) electrons. The number of hydrogen-bond acceptors (Lipinski definition) is 5. The van der Waals surface area contributed by atoms with Gasteiger partial charge in [0, 0.05) is 23.2 Å². The van der Waals surface area contributed by atoms with Crippen molar-refractivity contribution < 1.29 is 14.3 Å². The van der Waals surface area contributed by atoms with Crippen LogP contribution in [0.4, 0.5) is 0 Å². The normalized spacial score (nSPS) is 13.4. The molecule has 24 heavy (non-hydrogen) atoms. The lowest BCUT2D eigenvalue weighted by Gasteiger charge is -2.20. The van der Waals surface area contributed by atoms with Gasteiger partial charge in [-0.05, 0) is 32.2 Å². The van der Waals surface area contributed by atoms with E-state index in [0.717, 1.165) is 21.8 Å². The number of ether oxygens (including phenoxy) is 1. The molecule has 2 aromatic heterocycles. The van der Waals surface area contributed by atoms with E-state index in [1.165, 1.54) is 18.4 Å². The van der Waals surface area contributed by atoms with E-state index in [4.69, 9.17) is 4.74 Å². The van der Waals surface area contributed by atoms with Gasteiger partial charge in [-0.1, -0.05) is 6.07 Å². The van der Waals surface area contributed by atoms with E-state index in [1.807, 2.05) is 45.3 Å². The van der Waals surface area contributed by atoms with Crippen molar-refractivity contribution >= 4 is 23.2 Å². The number of esters is 1. The van der Waals surface area contributed by atoms with E-state index >= 15 is 0 Å². The second kappa shape index (κ2) is 7.61. The van der Waals surface area contributed by atoms with Gasteiger partial charge in [-0.3, -0.25) is 14.3 Å². The highest BCUT2D eigenvalue weighted by molar-refractivity contribution is 7.10. The van der Waals surface area contributed by atoms with Gasteiger partial charge in [0.25, 0.3) is 0 Å². The van der Waals surface area contributed by atoms with Crippen LogP contribution in [-0.2, 0) is 21.4 Å². The quantitative estimate of drug-likeness (QED) is 0.814. The van der Waals surface area contributed by atoms with E-state index in [1.54, 1.807) is 4.68 Å². The molecule has 0 saturated carbocycles. The van der Waals surface area contributed by atoms with Crippen LogP contribution in [0.15, 0.2) is 17.5 Å². The summed E-state index contributed by atoms with van der Waals surface area (Å²) in [4.78, 5) is 25.3. The van der Waals surface area contributed by atoms with E-state index in [9.17, 15) is 9.59 Å². The Balaban J connectivity index is 2.19. The number of methoxy groups -OCH3 is 1. The number of thiophene rings is 1. The SMILES string of the molecule is COC(=O)CC(NC(=O)C(C)c1c(C)nn(C)c1C)c1cccs1. The van der Waals surface area contributed by atoms with Crippen molar-refractivity contribution in [2.24, 2.45) is 7.05 Å². The number of nitrogens with one attached hydrogen (secondary N) is 1. The number of carbonyl (C=O) groups is 2. The maximum atomic E-state index is 12.7. The third-order valence-corrected chi connectivity index (χ3v) is 5.18. The van der Waals surface area contributed by atoms with Crippen molar-refractivity contribution in [1.29, 1.82) is 0 Å². The largest absolute Gasteiger partial charge is 0.469 e. The lowest BCUT2D eigenvalue weighted by Crippen LogP contribution is -2.33. The third kappa shape index (κ3) is 3.84. The van der Waals surface area contributed by atoms with E-state index in [2.05, 4.69) is 10.4 Å². The third-order valence-electron chi connectivity index (χ3n) is 4.19. The minimum atomic E-state index is -0.385. The summed E-state index contributed by atoms with van der Waals surface area (Å²) in [6.07, 6.45) is 0.112. The lowest BCUT2D eigenvalue weighted by atomic mass is 9.97. The molecule has 1 amide bonds. The average molecular weight is 349 g/mol. The molecule has 130 valence electrons. The molecule has 0 aliphatic carbocycles. The second-order valence-electron chi connectivity index (χ2n) is 5.79. The van der Waals surface area contributed by atoms with Gasteiger partial charge in [-0.25, -0.2) is 0 Å². The molecule has 0 aliphatic rings. The van der Waals surface area contributed by atoms with Crippen molar-refractivity contribution in [3.63, 3.8) is 0 Å². The number of aromatic nitrogens is 2. The maximum Gasteiger partial charge on any atom is 0.307 e. The van der Waals surface area contributed by atoms with Gasteiger partial charge in [-0.15, -0.1) is 11.3 Å². The summed E-state index contributed by atoms with van der Waals surface area (Å²) in [5.41, 5.74) is 2.74. The predicted molar refractivity (Wildman–Crippen MR) is 92.9 cm³/mol. The zero-order valence-corrected chi connectivity index (χ0v) is 15.4. The standard InChI is InChI=1S/C17H23N3O3S/c1-10(16-11(2)19-20(4)12(16)3)17(22)18-13(9-15(21)23-5)14-7-6-8-24-14/h6-8,10,13H,9H2,1-5H3,(H,18,22). The average Bonchev–Trinajstić information content (AvgIpc) is 3.15. The fourth-order valence-electron chi connectivity index (χ4n) is 2.81. The van der Waals surface area contributed by atoms with Gasteiger partial charge in [0.2, 0.25) is 5.91 Å². The van der Waals surface area contributed by atoms with Crippen LogP contribution in [0.3, 0.4) is 0 Å². The topological polar surface area (TPSA) is 73.2 Å². The number of aryl methyl sites for hydroxylation is 2. The Morgan fingerprint density at radius 2 is 2.12 bits per heavy atom. The highest BCUT2D eigenvalue weighted by Gasteiger charge is 2.26. The Kier molecular flexibility index (Phi) is 5.77. The number of nitrogens with zero attached hydrogens (tertiary/aromatic N) is 2. The first-order chi connectivity index (χ1) is 11.3. The molecule has 2 unspecified atom stereocenters. The van der Waals surface area contributed by atoms with Gasteiger partial charge >= 0.3 is 5.97 Å². The maximum absolute atomic E-state index is 12.7. The summed E-state index contributed by atoms with van der Waals surface area (Å²) in [5, 5.41) is 9.27. The van der Waals surface area contributed by atoms with Crippen LogP contribution in [0.2, 0.25) is 0 Å². The molecule has 2 aromatic rings. The molecule has 2 rings (SSSR count). The minimum Gasteiger partial charge on any atom is -0.469 e. The van der Waals surface area contributed by atoms with Crippen LogP contribution in [-0.4, -0.2) is 28.8 Å². The Morgan fingerprint density at radius 3 is 2.62 bits per heavy atom. The van der Waals surface area contributed by atoms with Crippen molar-refractivity contribution in [1.82, 2.24) is 15.1 Å². The Bertz CT molecular complexity index is 722. The minimum absolute atomic E-state index is 0.112. The molecule has 0 fully saturated rings. The molecular formula is C17H23N3O3S. The Morgan fingerprint density at radius 1 is 1.42 bits per heavy atom. The van der Waals surface area contributed by atoms with Crippen molar-refractivity contribution in [3.8, 4) is 0 Å². The van der Waals surface area contributed by atoms with Crippen molar-refractivity contribution in [3.05, 3.63) is 39.3 Å². The summed E-state index contributed by atoms with van der Waals surface area (Å²) in [6, 6.07) is 3.42. The summed E-state index contributed by atoms with van der Waals surface area (Å²) >= 11 is 1.50. The van der Waals surface area contributed by atoms with Gasteiger partial charge in [0.05, 0.1) is 31.2 Å². The first-order valence-corrected chi connectivity index (χ1v) is 8.63. The molecule has 0 aromatic carbocycles. The Labute approximate surface area is 145 Å². The van der Waals surface area contributed by atoms with Gasteiger partial charge < -0.3 is 10.1 Å². The molecule has 2 atom stereocenters. The monoisotopic (exact) mass is 349 g/mol. The lowest BCUT2D eigenvalue weighted by molar-refractivity contribution is -0.141. The molecule has 6 nitrogen and oxygen atoms in total. The van der Waals surface area contributed by atoms with Gasteiger partial charge in [0.15, 0.2) is 0 Å². The molecule has 7 heteroatoms. The Hall–Kier alpha value is -2.15. The second-order valence-corrected chi connectivity index (χ2v) is 6.77. The zero-order chi connectivity index (χ0) is 17.9. The first-order valence-electron chi connectivity index (χ1n) is 7.75. The zero-order valence-electron chi connectivity index (χ0n) is 14.6. The van der Waals surface area contributed by atoms with Crippen molar-refractivity contribution in [2.45, 2.75) is 39.2 Å². The van der Waals surface area contributed by atoms with Crippen LogP contribution >= 0.6 is 11.3 Å². The smallest absolute Gasteiger partial charge is 0.307 e. The summed E-state index contributed by atoms with van der Waals surface area (Å²) in [7, 11) is 3.21. The highest BCUT2D eigenvalue weighted by atomic mass is 32.1. The number of rotatable bonds is 6. The predicted octanol–water partition coefficient (Wildman–Crippen LogP) is 2.62. The fourth-order valence-corrected chi connectivity index (χ4v) is 3.58. The van der Waals surface area contributed by atoms with E-state index in [0.29, 0.717) is 0 Å². The molecular weight excluding hydrogens is 326 g/mol. The van der Waals surface area contributed by atoms with Crippen molar-refractivity contribution in [2.75, 3.05) is 7.11 Å². The van der Waals surface area contributed by atoms with E-state index in [-0.39, 0.29) is 30.3 Å². The van der Waals surface area contributed by atoms with Crippen LogP contribution in [0.25, 0.3) is 0 Å². The van der Waals surface area contributed by atoms with Gasteiger partial charge in [0.1, 0.15) is 0 Å². The highest BCUT2D eigenvalue weighted by Crippen LogP contribution is 2.26. The molecule has 2 heterocycles. The first kappa shape index (κ1) is 18.2. The molecule has 0 aliphatic heterocycles. The summed E-state index contributed by atoms with van der Waals surface area (Å²) < 4.78 is 6.53. The van der Waals surface area contributed by atoms with Crippen LogP contribution in [0, 0.1) is 13.8 Å². The molecule has 0 spiro atoms. The van der Waals surface area contributed by atoms with Crippen LogP contribution in [0.1, 0.15) is 47.1 Å². The number of carbonyl (C=O) groups excluding carboxylic acids is 2. The fraction of sp³-hybridized carbons (Fsp3) is 0.471. The molecule has 1 N–H and O–H groups in total. The molecule has 0 saturated heterocycles. The van der Waals surface area contributed by atoms with Gasteiger partial charge in [-0.2, -0.15) is 5.10 Å². The number of amides is 1. The van der Waals surface area contributed by atoms with Crippen LogP contribution in [0.5, 0.6) is 0 Å². The summed E-state index contributed by atoms with van der Waals surface area (Å²) in [5.74, 6) is -0.828. The van der Waals surface area contributed by atoms with Crippen LogP contribution < -0.4 is 5.32 Å². The number of hydrogen-bond donors (Lipinski definition) is 1. The molecule has 0 bridgehead atoms. The van der Waals surface area contributed by atoms with E-state index < -0.39 is 0 Å². The summed E-state index contributed by atoms with van der Waals surface area (Å²) in [6.45, 7) is 5.71.